The Labute approximate surface area is 181 Å². The number of benzene rings is 2. The van der Waals surface area contributed by atoms with E-state index in [-0.39, 0.29) is 11.4 Å². The number of hydrogen-bond donors (Lipinski definition) is 0. The lowest BCUT2D eigenvalue weighted by Gasteiger charge is -2.27. The fourth-order valence-electron chi connectivity index (χ4n) is 4.79. The fourth-order valence-corrected chi connectivity index (χ4v) is 4.79. The van der Waals surface area contributed by atoms with Gasteiger partial charge in [0.2, 0.25) is 5.82 Å². The Bertz CT molecular complexity index is 1330. The number of rotatable bonds is 2. The lowest BCUT2D eigenvalue weighted by atomic mass is 9.96. The molecule has 1 aliphatic carbocycles. The summed E-state index contributed by atoms with van der Waals surface area (Å²) in [6.07, 6.45) is 5.76. The van der Waals surface area contributed by atoms with Crippen molar-refractivity contribution in [2.45, 2.75) is 25.3 Å². The largest absolute Gasteiger partial charge is 0.329 e. The molecule has 0 N–H and O–H groups in total. The second-order valence-electron chi connectivity index (χ2n) is 8.45. The summed E-state index contributed by atoms with van der Waals surface area (Å²) in [4.78, 5) is 24.6. The predicted molar refractivity (Wildman–Crippen MR) is 120 cm³/mol. The Morgan fingerprint density at radius 3 is 2.52 bits per heavy atom. The summed E-state index contributed by atoms with van der Waals surface area (Å²) >= 11 is 0. The zero-order valence-electron chi connectivity index (χ0n) is 17.5. The quantitative estimate of drug-likeness (QED) is 0.472. The van der Waals surface area contributed by atoms with Crippen molar-refractivity contribution < 1.29 is 4.79 Å². The summed E-state index contributed by atoms with van der Waals surface area (Å²) in [5.41, 5.74) is 6.97. The molecule has 2 aromatic heterocycles. The van der Waals surface area contributed by atoms with E-state index in [1.807, 2.05) is 72.2 Å². The summed E-state index contributed by atoms with van der Waals surface area (Å²) in [7, 11) is 1.91. The average molecular weight is 406 g/mol. The van der Waals surface area contributed by atoms with Crippen LogP contribution in [0.25, 0.3) is 28.1 Å². The molecular weight excluding hydrogens is 384 g/mol. The van der Waals surface area contributed by atoms with Crippen LogP contribution >= 0.6 is 0 Å². The smallest absolute Gasteiger partial charge is 0.290 e. The molecule has 0 unspecified atom stereocenters. The number of aryl methyl sites for hydroxylation is 1. The van der Waals surface area contributed by atoms with Gasteiger partial charge in [0, 0.05) is 41.8 Å². The zero-order chi connectivity index (χ0) is 21.2. The predicted octanol–water partition coefficient (Wildman–Crippen LogP) is 4.98. The molecule has 4 aromatic rings. The molecule has 3 heterocycles. The highest BCUT2D eigenvalue weighted by Crippen LogP contribution is 2.54. The maximum absolute atomic E-state index is 13.4. The minimum absolute atomic E-state index is 0.0324. The van der Waals surface area contributed by atoms with Gasteiger partial charge in [0.15, 0.2) is 0 Å². The van der Waals surface area contributed by atoms with Crippen molar-refractivity contribution in [2.75, 3.05) is 7.05 Å². The van der Waals surface area contributed by atoms with Gasteiger partial charge in [-0.2, -0.15) is 0 Å². The summed E-state index contributed by atoms with van der Waals surface area (Å²) in [6, 6.07) is 20.6. The fraction of sp³-hybridized carbons (Fsp3) is 0.192. The zero-order valence-corrected chi connectivity index (χ0v) is 17.5. The number of hydrogen-bond acceptors (Lipinski definition) is 3. The second-order valence-corrected chi connectivity index (χ2v) is 8.45. The molecule has 0 saturated heterocycles. The normalized spacial score (nSPS) is 16.1. The van der Waals surface area contributed by atoms with E-state index in [9.17, 15) is 4.79 Å². The maximum atomic E-state index is 13.4. The number of pyridine rings is 1. The summed E-state index contributed by atoms with van der Waals surface area (Å²) < 4.78 is 1.98. The molecule has 2 aliphatic rings. The van der Waals surface area contributed by atoms with Crippen LogP contribution in [-0.4, -0.2) is 32.4 Å². The van der Waals surface area contributed by atoms with E-state index in [0.29, 0.717) is 5.82 Å². The van der Waals surface area contributed by atoms with Crippen LogP contribution in [0.5, 0.6) is 0 Å². The lowest BCUT2D eigenvalue weighted by Crippen LogP contribution is -2.36. The molecule has 0 atom stereocenters. The van der Waals surface area contributed by atoms with Crippen molar-refractivity contribution in [2.24, 2.45) is 0 Å². The number of carbonyl (C=O) groups excluding carboxylic acids is 1. The molecule has 2 aromatic carbocycles. The van der Waals surface area contributed by atoms with E-state index in [1.165, 1.54) is 5.56 Å². The van der Waals surface area contributed by atoms with Crippen LogP contribution in [0.2, 0.25) is 0 Å². The van der Waals surface area contributed by atoms with Gasteiger partial charge in [0.05, 0.1) is 16.9 Å². The molecule has 152 valence electrons. The molecule has 0 radical (unpaired) electrons. The molecule has 5 heteroatoms. The van der Waals surface area contributed by atoms with Crippen LogP contribution in [0.4, 0.5) is 0 Å². The lowest BCUT2D eigenvalue weighted by molar-refractivity contribution is 0.0699. The molecule has 0 bridgehead atoms. The first kappa shape index (κ1) is 18.1. The second kappa shape index (κ2) is 6.38. The number of imidazole rings is 1. The van der Waals surface area contributed by atoms with Crippen molar-refractivity contribution in [3.63, 3.8) is 0 Å². The first-order chi connectivity index (χ1) is 15.1. The standard InChI is InChI=1S/C26H22N4O/c1-17-20(9-6-14-27-17)19-10-11-21-23(15-19)30-16-22(18-7-4-3-5-8-18)28-24(30)25(31)29(2)26(21)12-13-26/h3-11,14-16H,12-13H2,1-2H3. The van der Waals surface area contributed by atoms with Gasteiger partial charge in [0.1, 0.15) is 0 Å². The Kier molecular flexibility index (Phi) is 3.72. The van der Waals surface area contributed by atoms with Gasteiger partial charge >= 0.3 is 0 Å². The molecule has 1 spiro atoms. The minimum atomic E-state index is -0.234. The van der Waals surface area contributed by atoms with E-state index in [2.05, 4.69) is 29.2 Å². The SMILES string of the molecule is Cc1ncccc1-c1ccc2c(c1)-n1cc(-c3ccccc3)nc1C(=O)N(C)C21CC1. The summed E-state index contributed by atoms with van der Waals surface area (Å²) in [6.45, 7) is 2.02. The first-order valence-electron chi connectivity index (χ1n) is 10.6. The highest BCUT2D eigenvalue weighted by atomic mass is 16.2. The highest BCUT2D eigenvalue weighted by Gasteiger charge is 2.53. The van der Waals surface area contributed by atoms with Gasteiger partial charge in [-0.25, -0.2) is 4.98 Å². The summed E-state index contributed by atoms with van der Waals surface area (Å²) in [5.74, 6) is 0.432. The van der Waals surface area contributed by atoms with Gasteiger partial charge in [-0.05, 0) is 37.5 Å². The molecule has 6 rings (SSSR count). The third kappa shape index (κ3) is 2.59. The molecule has 1 aliphatic heterocycles. The number of aromatic nitrogens is 3. The van der Waals surface area contributed by atoms with Crippen LogP contribution in [0.1, 0.15) is 34.7 Å². The van der Waals surface area contributed by atoms with Crippen molar-refractivity contribution in [3.8, 4) is 28.1 Å². The van der Waals surface area contributed by atoms with E-state index >= 15 is 0 Å². The van der Waals surface area contributed by atoms with Crippen molar-refractivity contribution in [3.05, 3.63) is 90.1 Å². The van der Waals surface area contributed by atoms with Gasteiger partial charge in [-0.15, -0.1) is 0 Å². The Morgan fingerprint density at radius 2 is 1.77 bits per heavy atom. The topological polar surface area (TPSA) is 51.0 Å². The van der Waals surface area contributed by atoms with Gasteiger partial charge in [-0.3, -0.25) is 14.3 Å². The third-order valence-electron chi connectivity index (χ3n) is 6.71. The van der Waals surface area contributed by atoms with Crippen LogP contribution in [0.15, 0.2) is 73.1 Å². The van der Waals surface area contributed by atoms with Crippen molar-refractivity contribution in [1.82, 2.24) is 19.4 Å². The molecule has 1 saturated carbocycles. The molecule has 5 nitrogen and oxygen atoms in total. The van der Waals surface area contributed by atoms with Crippen LogP contribution in [0, 0.1) is 6.92 Å². The Hall–Kier alpha value is -3.73. The molecular formula is C26H22N4O. The Balaban J connectivity index is 1.61. The third-order valence-corrected chi connectivity index (χ3v) is 6.71. The average Bonchev–Trinajstić information content (AvgIpc) is 3.50. The number of fused-ring (bicyclic) bond motifs is 4. The van der Waals surface area contributed by atoms with Gasteiger partial charge in [-0.1, -0.05) is 48.5 Å². The van der Waals surface area contributed by atoms with Crippen LogP contribution < -0.4 is 0 Å². The number of nitrogens with zero attached hydrogens (tertiary/aromatic N) is 4. The van der Waals surface area contributed by atoms with Crippen molar-refractivity contribution in [1.29, 1.82) is 0 Å². The summed E-state index contributed by atoms with van der Waals surface area (Å²) in [5, 5.41) is 0. The highest BCUT2D eigenvalue weighted by molar-refractivity contribution is 5.94. The maximum Gasteiger partial charge on any atom is 0.290 e. The number of amides is 1. The monoisotopic (exact) mass is 406 g/mol. The van der Waals surface area contributed by atoms with E-state index in [0.717, 1.165) is 46.6 Å². The van der Waals surface area contributed by atoms with E-state index in [1.54, 1.807) is 0 Å². The van der Waals surface area contributed by atoms with Crippen LogP contribution in [0.3, 0.4) is 0 Å². The van der Waals surface area contributed by atoms with E-state index in [4.69, 9.17) is 4.98 Å². The first-order valence-corrected chi connectivity index (χ1v) is 10.6. The van der Waals surface area contributed by atoms with E-state index < -0.39 is 0 Å². The molecule has 1 amide bonds. The van der Waals surface area contributed by atoms with Gasteiger partial charge < -0.3 is 4.90 Å². The molecule has 31 heavy (non-hydrogen) atoms. The van der Waals surface area contributed by atoms with Crippen LogP contribution in [-0.2, 0) is 5.54 Å². The Morgan fingerprint density at radius 1 is 0.968 bits per heavy atom. The molecule has 1 fully saturated rings. The van der Waals surface area contributed by atoms with Crippen molar-refractivity contribution >= 4 is 5.91 Å². The van der Waals surface area contributed by atoms with Gasteiger partial charge in [0.25, 0.3) is 5.91 Å². The number of carbonyl (C=O) groups is 1. The minimum Gasteiger partial charge on any atom is -0.329 e.